The molecule has 0 heterocycles. The molecule has 1 aromatic carbocycles. The first kappa shape index (κ1) is 12.4. The molecule has 0 saturated heterocycles. The van der Waals surface area contributed by atoms with Gasteiger partial charge in [-0.05, 0) is 25.1 Å². The van der Waals surface area contributed by atoms with E-state index in [4.69, 9.17) is 10.5 Å². The van der Waals surface area contributed by atoms with Crippen molar-refractivity contribution in [3.05, 3.63) is 29.6 Å². The smallest absolute Gasteiger partial charge is 0.257 e. The second-order valence-electron chi connectivity index (χ2n) is 3.43. The van der Waals surface area contributed by atoms with Crippen LogP contribution in [0.15, 0.2) is 18.2 Å². The minimum Gasteiger partial charge on any atom is -0.483 e. The number of hydrogen-bond acceptors (Lipinski definition) is 3. The third-order valence-electron chi connectivity index (χ3n) is 2.10. The molecule has 0 unspecified atom stereocenters. The first-order valence-corrected chi connectivity index (χ1v) is 4.93. The second kappa shape index (κ2) is 5.46. The molecule has 1 atom stereocenters. The molecule has 0 aliphatic carbocycles. The number of amides is 1. The highest BCUT2D eigenvalue weighted by Gasteiger charge is 2.10. The van der Waals surface area contributed by atoms with Crippen LogP contribution in [0.4, 0.5) is 4.39 Å². The monoisotopic (exact) mass is 226 g/mol. The topological polar surface area (TPSA) is 64.3 Å². The summed E-state index contributed by atoms with van der Waals surface area (Å²) in [4.78, 5) is 11.0. The molecule has 0 radical (unpaired) electrons. The van der Waals surface area contributed by atoms with Crippen molar-refractivity contribution in [2.24, 2.45) is 5.73 Å². The van der Waals surface area contributed by atoms with Gasteiger partial charge in [-0.15, -0.1) is 0 Å². The maximum Gasteiger partial charge on any atom is 0.257 e. The van der Waals surface area contributed by atoms with Gasteiger partial charge < -0.3 is 15.8 Å². The average molecular weight is 226 g/mol. The summed E-state index contributed by atoms with van der Waals surface area (Å²) >= 11 is 0. The Bertz CT molecular complexity index is 380. The lowest BCUT2D eigenvalue weighted by molar-refractivity contribution is -0.122. The highest BCUT2D eigenvalue weighted by Crippen LogP contribution is 2.24. The lowest BCUT2D eigenvalue weighted by Gasteiger charge is -2.13. The van der Waals surface area contributed by atoms with Crippen LogP contribution in [0.1, 0.15) is 18.5 Å². The van der Waals surface area contributed by atoms with E-state index in [1.165, 1.54) is 25.2 Å². The minimum atomic E-state index is -0.375. The van der Waals surface area contributed by atoms with Crippen molar-refractivity contribution >= 4 is 5.91 Å². The van der Waals surface area contributed by atoms with E-state index in [-0.39, 0.29) is 24.4 Å². The van der Waals surface area contributed by atoms with Crippen molar-refractivity contribution in [1.82, 2.24) is 5.32 Å². The zero-order chi connectivity index (χ0) is 12.1. The van der Waals surface area contributed by atoms with Gasteiger partial charge >= 0.3 is 0 Å². The van der Waals surface area contributed by atoms with E-state index in [1.807, 2.05) is 0 Å². The second-order valence-corrected chi connectivity index (χ2v) is 3.43. The zero-order valence-electron chi connectivity index (χ0n) is 9.29. The Kier molecular flexibility index (Phi) is 4.25. The highest BCUT2D eigenvalue weighted by atomic mass is 19.1. The van der Waals surface area contributed by atoms with Crippen LogP contribution in [-0.2, 0) is 4.79 Å². The number of likely N-dealkylation sites (N-methyl/N-ethyl adjacent to an activating group) is 1. The third kappa shape index (κ3) is 3.20. The molecule has 0 saturated carbocycles. The van der Waals surface area contributed by atoms with E-state index < -0.39 is 0 Å². The summed E-state index contributed by atoms with van der Waals surface area (Å²) in [6, 6.07) is 3.70. The molecule has 0 spiro atoms. The Morgan fingerprint density at radius 2 is 2.31 bits per heavy atom. The van der Waals surface area contributed by atoms with E-state index in [2.05, 4.69) is 5.32 Å². The number of rotatable bonds is 4. The number of hydrogen-bond donors (Lipinski definition) is 2. The fraction of sp³-hybridized carbons (Fsp3) is 0.364. The molecule has 0 fully saturated rings. The first-order chi connectivity index (χ1) is 7.54. The number of ether oxygens (including phenoxy) is 1. The predicted octanol–water partition coefficient (Wildman–Crippen LogP) is 0.970. The molecule has 5 heteroatoms. The Labute approximate surface area is 93.6 Å². The summed E-state index contributed by atoms with van der Waals surface area (Å²) in [7, 11) is 1.52. The van der Waals surface area contributed by atoms with Crippen LogP contribution in [0.3, 0.4) is 0 Å². The van der Waals surface area contributed by atoms with Crippen LogP contribution < -0.4 is 15.8 Å². The maximum atomic E-state index is 13.0. The van der Waals surface area contributed by atoms with Gasteiger partial charge in [-0.3, -0.25) is 4.79 Å². The van der Waals surface area contributed by atoms with E-state index in [9.17, 15) is 9.18 Å². The molecule has 16 heavy (non-hydrogen) atoms. The van der Waals surface area contributed by atoms with Crippen LogP contribution in [0, 0.1) is 5.82 Å². The number of carbonyl (C=O) groups excluding carboxylic acids is 1. The van der Waals surface area contributed by atoms with E-state index in [0.717, 1.165) is 0 Å². The standard InChI is InChI=1S/C11H15FN2O2/c1-7(13)9-5-8(12)3-4-10(9)16-6-11(15)14-2/h3-5,7H,6,13H2,1-2H3,(H,14,15)/t7-/m0/s1. The Morgan fingerprint density at radius 3 is 2.88 bits per heavy atom. The van der Waals surface area contributed by atoms with Gasteiger partial charge in [-0.1, -0.05) is 0 Å². The molecule has 1 rings (SSSR count). The molecule has 4 nitrogen and oxygen atoms in total. The van der Waals surface area contributed by atoms with E-state index in [1.54, 1.807) is 6.92 Å². The normalized spacial score (nSPS) is 12.0. The molecule has 88 valence electrons. The number of halogens is 1. The predicted molar refractivity (Wildman–Crippen MR) is 58.6 cm³/mol. The number of benzene rings is 1. The van der Waals surface area contributed by atoms with Crippen LogP contribution >= 0.6 is 0 Å². The van der Waals surface area contributed by atoms with Gasteiger partial charge in [0.1, 0.15) is 11.6 Å². The van der Waals surface area contributed by atoms with Crippen molar-refractivity contribution < 1.29 is 13.9 Å². The molecule has 0 bridgehead atoms. The summed E-state index contributed by atoms with van der Waals surface area (Å²) in [5.41, 5.74) is 6.22. The van der Waals surface area contributed by atoms with Gasteiger partial charge in [0.2, 0.25) is 0 Å². The molecule has 0 aromatic heterocycles. The van der Waals surface area contributed by atoms with Gasteiger partial charge in [0.15, 0.2) is 6.61 Å². The number of nitrogens with one attached hydrogen (secondary N) is 1. The molecule has 0 aliphatic rings. The molecular formula is C11H15FN2O2. The van der Waals surface area contributed by atoms with Crippen molar-refractivity contribution in [2.45, 2.75) is 13.0 Å². The van der Waals surface area contributed by atoms with Crippen molar-refractivity contribution in [3.8, 4) is 5.75 Å². The Morgan fingerprint density at radius 1 is 1.62 bits per heavy atom. The lowest BCUT2D eigenvalue weighted by Crippen LogP contribution is -2.25. The van der Waals surface area contributed by atoms with E-state index >= 15 is 0 Å². The average Bonchev–Trinajstić information content (AvgIpc) is 2.26. The molecule has 1 amide bonds. The van der Waals surface area contributed by atoms with Gasteiger partial charge in [0.25, 0.3) is 5.91 Å². The zero-order valence-corrected chi connectivity index (χ0v) is 9.29. The lowest BCUT2D eigenvalue weighted by atomic mass is 10.1. The fourth-order valence-electron chi connectivity index (χ4n) is 1.22. The summed E-state index contributed by atoms with van der Waals surface area (Å²) in [6.07, 6.45) is 0. The quantitative estimate of drug-likeness (QED) is 0.804. The van der Waals surface area contributed by atoms with Crippen LogP contribution in [0.5, 0.6) is 5.75 Å². The Balaban J connectivity index is 2.82. The van der Waals surface area contributed by atoms with Gasteiger partial charge in [-0.2, -0.15) is 0 Å². The number of nitrogens with two attached hydrogens (primary N) is 1. The highest BCUT2D eigenvalue weighted by molar-refractivity contribution is 5.77. The summed E-state index contributed by atoms with van der Waals surface area (Å²) in [6.45, 7) is 1.61. The van der Waals surface area contributed by atoms with Gasteiger partial charge in [-0.25, -0.2) is 4.39 Å². The summed E-state index contributed by atoms with van der Waals surface area (Å²) < 4.78 is 18.2. The molecular weight excluding hydrogens is 211 g/mol. The SMILES string of the molecule is CNC(=O)COc1ccc(F)cc1[C@H](C)N. The summed E-state index contributed by atoms with van der Waals surface area (Å²) in [5, 5.41) is 2.43. The third-order valence-corrected chi connectivity index (χ3v) is 2.10. The van der Waals surface area contributed by atoms with Crippen molar-refractivity contribution in [2.75, 3.05) is 13.7 Å². The molecule has 0 aliphatic heterocycles. The Hall–Kier alpha value is -1.62. The molecule has 1 aromatic rings. The van der Waals surface area contributed by atoms with Crippen LogP contribution in [0.2, 0.25) is 0 Å². The fourth-order valence-corrected chi connectivity index (χ4v) is 1.22. The van der Waals surface area contributed by atoms with Gasteiger partial charge in [0, 0.05) is 18.7 Å². The minimum absolute atomic E-state index is 0.109. The van der Waals surface area contributed by atoms with Gasteiger partial charge in [0.05, 0.1) is 0 Å². The number of carbonyl (C=O) groups is 1. The van der Waals surface area contributed by atoms with Crippen molar-refractivity contribution in [3.63, 3.8) is 0 Å². The van der Waals surface area contributed by atoms with Crippen LogP contribution in [-0.4, -0.2) is 19.6 Å². The summed E-state index contributed by atoms with van der Waals surface area (Å²) in [5.74, 6) is -0.195. The first-order valence-electron chi connectivity index (χ1n) is 4.93. The maximum absolute atomic E-state index is 13.0. The largest absolute Gasteiger partial charge is 0.483 e. The van der Waals surface area contributed by atoms with E-state index in [0.29, 0.717) is 11.3 Å². The molecule has 3 N–H and O–H groups in total. The van der Waals surface area contributed by atoms with Crippen LogP contribution in [0.25, 0.3) is 0 Å². The van der Waals surface area contributed by atoms with Crippen molar-refractivity contribution in [1.29, 1.82) is 0 Å².